The SMILES string of the molecule is C=C1C=CCC2C1(C)CCC(C)C2(C)CCC(=CCO)CO. The van der Waals surface area contributed by atoms with Crippen molar-refractivity contribution in [1.82, 2.24) is 0 Å². The minimum atomic E-state index is 0.0167. The van der Waals surface area contributed by atoms with Crippen LogP contribution < -0.4 is 0 Å². The standard InChI is InChI=1S/C20H32O2/c1-15-6-5-7-18-19(15,3)11-8-16(2)20(18,4)12-9-17(14-22)10-13-21/h5-6,10,16,18,21-22H,1,7-9,11-14H2,2-4H3. The number of hydrogen-bond acceptors (Lipinski definition) is 2. The Balaban J connectivity index is 2.23. The van der Waals surface area contributed by atoms with Gasteiger partial charge in [0.25, 0.3) is 0 Å². The van der Waals surface area contributed by atoms with E-state index >= 15 is 0 Å². The summed E-state index contributed by atoms with van der Waals surface area (Å²) in [5.41, 5.74) is 2.73. The molecule has 124 valence electrons. The lowest BCUT2D eigenvalue weighted by Gasteiger charge is -2.57. The lowest BCUT2D eigenvalue weighted by Crippen LogP contribution is -2.49. The van der Waals surface area contributed by atoms with E-state index in [4.69, 9.17) is 5.11 Å². The van der Waals surface area contributed by atoms with Crippen LogP contribution >= 0.6 is 0 Å². The van der Waals surface area contributed by atoms with Gasteiger partial charge in [-0.1, -0.05) is 45.6 Å². The van der Waals surface area contributed by atoms with Gasteiger partial charge in [-0.05, 0) is 65.9 Å². The molecule has 2 rings (SSSR count). The fourth-order valence-corrected chi connectivity index (χ4v) is 4.77. The minimum Gasteiger partial charge on any atom is -0.392 e. The van der Waals surface area contributed by atoms with Crippen LogP contribution in [0.25, 0.3) is 0 Å². The summed E-state index contributed by atoms with van der Waals surface area (Å²) >= 11 is 0. The molecule has 22 heavy (non-hydrogen) atoms. The molecule has 2 aliphatic carbocycles. The Hall–Kier alpha value is -0.860. The Morgan fingerprint density at radius 2 is 2.14 bits per heavy atom. The van der Waals surface area contributed by atoms with E-state index < -0.39 is 0 Å². The van der Waals surface area contributed by atoms with Gasteiger partial charge in [0.15, 0.2) is 0 Å². The highest BCUT2D eigenvalue weighted by Crippen LogP contribution is 2.61. The van der Waals surface area contributed by atoms with Crippen molar-refractivity contribution in [2.45, 2.75) is 52.9 Å². The fraction of sp³-hybridized carbons (Fsp3) is 0.700. The minimum absolute atomic E-state index is 0.0167. The Kier molecular flexibility index (Phi) is 5.34. The van der Waals surface area contributed by atoms with Crippen LogP contribution in [0.5, 0.6) is 0 Å². The summed E-state index contributed by atoms with van der Waals surface area (Å²) in [6.45, 7) is 11.6. The second-order valence-corrected chi connectivity index (χ2v) is 7.78. The molecule has 0 bridgehead atoms. The van der Waals surface area contributed by atoms with E-state index in [0.29, 0.717) is 11.8 Å². The predicted molar refractivity (Wildman–Crippen MR) is 92.5 cm³/mol. The first kappa shape index (κ1) is 17.5. The van der Waals surface area contributed by atoms with Crippen LogP contribution in [0, 0.1) is 22.7 Å². The van der Waals surface area contributed by atoms with Gasteiger partial charge in [-0.3, -0.25) is 0 Å². The van der Waals surface area contributed by atoms with Crippen molar-refractivity contribution in [3.63, 3.8) is 0 Å². The first-order chi connectivity index (χ1) is 10.4. The van der Waals surface area contributed by atoms with Crippen LogP contribution in [0.15, 0.2) is 36.0 Å². The van der Waals surface area contributed by atoms with Crippen molar-refractivity contribution in [2.75, 3.05) is 13.2 Å². The molecule has 0 saturated heterocycles. The number of aliphatic hydroxyl groups excluding tert-OH is 2. The summed E-state index contributed by atoms with van der Waals surface area (Å²) in [4.78, 5) is 0. The smallest absolute Gasteiger partial charge is 0.0642 e. The van der Waals surface area contributed by atoms with Gasteiger partial charge >= 0.3 is 0 Å². The summed E-state index contributed by atoms with van der Waals surface area (Å²) in [7, 11) is 0. The van der Waals surface area contributed by atoms with E-state index in [0.717, 1.165) is 24.8 Å². The average molecular weight is 304 g/mol. The number of rotatable bonds is 5. The molecule has 1 fully saturated rings. The van der Waals surface area contributed by atoms with Crippen molar-refractivity contribution in [3.8, 4) is 0 Å². The largest absolute Gasteiger partial charge is 0.392 e. The van der Waals surface area contributed by atoms with Crippen molar-refractivity contribution >= 4 is 0 Å². The molecular weight excluding hydrogens is 272 g/mol. The number of allylic oxidation sites excluding steroid dienone is 3. The molecule has 2 heteroatoms. The van der Waals surface area contributed by atoms with Gasteiger partial charge in [0.1, 0.15) is 0 Å². The van der Waals surface area contributed by atoms with Gasteiger partial charge in [0, 0.05) is 0 Å². The van der Waals surface area contributed by atoms with Gasteiger partial charge in [-0.15, -0.1) is 0 Å². The maximum absolute atomic E-state index is 9.46. The highest BCUT2D eigenvalue weighted by atomic mass is 16.3. The van der Waals surface area contributed by atoms with Crippen molar-refractivity contribution in [3.05, 3.63) is 36.0 Å². The zero-order valence-corrected chi connectivity index (χ0v) is 14.4. The molecule has 0 amide bonds. The highest BCUT2D eigenvalue weighted by molar-refractivity contribution is 5.30. The van der Waals surface area contributed by atoms with Crippen molar-refractivity contribution in [2.24, 2.45) is 22.7 Å². The second kappa shape index (κ2) is 6.72. The molecule has 0 spiro atoms. The van der Waals surface area contributed by atoms with Gasteiger partial charge < -0.3 is 10.2 Å². The van der Waals surface area contributed by atoms with Crippen LogP contribution in [0.4, 0.5) is 0 Å². The summed E-state index contributed by atoms with van der Waals surface area (Å²) in [6.07, 6.45) is 11.8. The molecule has 0 heterocycles. The molecular formula is C20H32O2. The van der Waals surface area contributed by atoms with E-state index in [1.54, 1.807) is 6.08 Å². The van der Waals surface area contributed by atoms with E-state index in [-0.39, 0.29) is 24.0 Å². The topological polar surface area (TPSA) is 40.5 Å². The lowest BCUT2D eigenvalue weighted by atomic mass is 9.47. The van der Waals surface area contributed by atoms with Gasteiger partial charge in [-0.25, -0.2) is 0 Å². The molecule has 2 N–H and O–H groups in total. The molecule has 4 unspecified atom stereocenters. The zero-order valence-electron chi connectivity index (χ0n) is 14.4. The number of hydrogen-bond donors (Lipinski definition) is 2. The van der Waals surface area contributed by atoms with E-state index in [9.17, 15) is 5.11 Å². The Bertz CT molecular complexity index is 476. The van der Waals surface area contributed by atoms with Gasteiger partial charge in [-0.2, -0.15) is 0 Å². The van der Waals surface area contributed by atoms with Crippen LogP contribution in [-0.4, -0.2) is 23.4 Å². The Labute approximate surface area is 135 Å². The molecule has 4 atom stereocenters. The normalized spacial score (nSPS) is 39.0. The molecule has 2 aliphatic rings. The molecule has 0 aromatic heterocycles. The van der Waals surface area contributed by atoms with Crippen LogP contribution in [0.1, 0.15) is 52.9 Å². The third-order valence-corrected chi connectivity index (χ3v) is 6.78. The van der Waals surface area contributed by atoms with E-state index in [1.807, 2.05) is 0 Å². The van der Waals surface area contributed by atoms with Gasteiger partial charge in [0.2, 0.25) is 0 Å². The molecule has 2 nitrogen and oxygen atoms in total. The fourth-order valence-electron chi connectivity index (χ4n) is 4.77. The Morgan fingerprint density at radius 3 is 2.77 bits per heavy atom. The maximum atomic E-state index is 9.46. The molecule has 0 aliphatic heterocycles. The van der Waals surface area contributed by atoms with E-state index in [2.05, 4.69) is 39.5 Å². The zero-order chi connectivity index (χ0) is 16.4. The molecule has 0 aromatic rings. The van der Waals surface area contributed by atoms with Crippen LogP contribution in [0.2, 0.25) is 0 Å². The number of aliphatic hydroxyl groups is 2. The summed E-state index contributed by atoms with van der Waals surface area (Å²) < 4.78 is 0. The average Bonchev–Trinajstić information content (AvgIpc) is 2.50. The summed E-state index contributed by atoms with van der Waals surface area (Å²) in [5.74, 6) is 1.30. The predicted octanol–water partition coefficient (Wildman–Crippen LogP) is 4.25. The quantitative estimate of drug-likeness (QED) is 0.745. The first-order valence-corrected chi connectivity index (χ1v) is 8.64. The highest BCUT2D eigenvalue weighted by Gasteiger charge is 2.52. The van der Waals surface area contributed by atoms with Crippen LogP contribution in [-0.2, 0) is 0 Å². The summed E-state index contributed by atoms with van der Waals surface area (Å²) in [5, 5.41) is 18.5. The monoisotopic (exact) mass is 304 g/mol. The van der Waals surface area contributed by atoms with Gasteiger partial charge in [0.05, 0.1) is 13.2 Å². The third-order valence-electron chi connectivity index (χ3n) is 6.78. The Morgan fingerprint density at radius 1 is 1.41 bits per heavy atom. The van der Waals surface area contributed by atoms with Crippen LogP contribution in [0.3, 0.4) is 0 Å². The summed E-state index contributed by atoms with van der Waals surface area (Å²) in [6, 6.07) is 0. The van der Waals surface area contributed by atoms with Crippen molar-refractivity contribution in [1.29, 1.82) is 0 Å². The second-order valence-electron chi connectivity index (χ2n) is 7.78. The first-order valence-electron chi connectivity index (χ1n) is 8.64. The molecule has 0 radical (unpaired) electrons. The van der Waals surface area contributed by atoms with E-state index in [1.165, 1.54) is 18.4 Å². The third kappa shape index (κ3) is 2.96. The number of fused-ring (bicyclic) bond motifs is 1. The lowest BCUT2D eigenvalue weighted by molar-refractivity contribution is -0.0373. The maximum Gasteiger partial charge on any atom is 0.0642 e. The molecule has 1 saturated carbocycles. The van der Waals surface area contributed by atoms with Crippen molar-refractivity contribution < 1.29 is 10.2 Å². The molecule has 0 aromatic carbocycles.